The van der Waals surface area contributed by atoms with Gasteiger partial charge in [0.2, 0.25) is 0 Å². The molecule has 0 aliphatic carbocycles. The average Bonchev–Trinajstić information content (AvgIpc) is 2.99. The predicted octanol–water partition coefficient (Wildman–Crippen LogP) is 2.29. The fraction of sp³-hybridized carbons (Fsp3) is 0.200. The van der Waals surface area contributed by atoms with Gasteiger partial charge in [0.05, 0.1) is 24.7 Å². The van der Waals surface area contributed by atoms with Crippen molar-refractivity contribution in [3.05, 3.63) is 36.0 Å². The van der Waals surface area contributed by atoms with Crippen molar-refractivity contribution in [3.8, 4) is 17.1 Å². The number of aromatic nitrogens is 3. The molecule has 6 nitrogen and oxygen atoms in total. The average molecular weight is 285 g/mol. The van der Waals surface area contributed by atoms with E-state index in [-0.39, 0.29) is 5.56 Å². The van der Waals surface area contributed by atoms with Gasteiger partial charge < -0.3 is 14.4 Å². The third-order valence-corrected chi connectivity index (χ3v) is 3.66. The zero-order chi connectivity index (χ0) is 15.1. The minimum absolute atomic E-state index is 0.190. The molecular weight excluding hydrogens is 270 g/mol. The first-order valence-corrected chi connectivity index (χ1v) is 6.42. The van der Waals surface area contributed by atoms with Gasteiger partial charge in [0, 0.05) is 25.0 Å². The Morgan fingerprint density at radius 2 is 2.05 bits per heavy atom. The maximum absolute atomic E-state index is 11.4. The lowest BCUT2D eigenvalue weighted by molar-refractivity contribution is 0.0697. The summed E-state index contributed by atoms with van der Waals surface area (Å²) < 4.78 is 8.76. The first-order valence-electron chi connectivity index (χ1n) is 6.42. The van der Waals surface area contributed by atoms with E-state index in [1.54, 1.807) is 18.8 Å². The standard InChI is InChI=1S/C15H15N3O3/c1-17-12-5-4-10(21-3)6-9(12)7-13(17)14-11(15(19)20)8-16-18(14)2/h4-8H,1-3H3,(H,19,20). The van der Waals surface area contributed by atoms with Gasteiger partial charge in [0.15, 0.2) is 0 Å². The molecule has 0 saturated heterocycles. The molecule has 3 aromatic rings. The number of hydrogen-bond acceptors (Lipinski definition) is 3. The summed E-state index contributed by atoms with van der Waals surface area (Å²) in [5.74, 6) is -0.218. The smallest absolute Gasteiger partial charge is 0.339 e. The lowest BCUT2D eigenvalue weighted by Crippen LogP contribution is -2.03. The van der Waals surface area contributed by atoms with Crippen LogP contribution in [-0.4, -0.2) is 32.5 Å². The van der Waals surface area contributed by atoms with Gasteiger partial charge in [0.1, 0.15) is 11.3 Å². The summed E-state index contributed by atoms with van der Waals surface area (Å²) in [5.41, 5.74) is 2.58. The van der Waals surface area contributed by atoms with Crippen LogP contribution in [0.5, 0.6) is 5.75 Å². The van der Waals surface area contributed by atoms with Gasteiger partial charge >= 0.3 is 5.97 Å². The highest BCUT2D eigenvalue weighted by molar-refractivity contribution is 5.97. The molecule has 21 heavy (non-hydrogen) atoms. The van der Waals surface area contributed by atoms with Crippen molar-refractivity contribution < 1.29 is 14.6 Å². The summed E-state index contributed by atoms with van der Waals surface area (Å²) in [6.45, 7) is 0. The molecule has 1 N–H and O–H groups in total. The third kappa shape index (κ3) is 1.96. The fourth-order valence-corrected chi connectivity index (χ4v) is 2.58. The first-order chi connectivity index (χ1) is 10.0. The molecule has 0 atom stereocenters. The summed E-state index contributed by atoms with van der Waals surface area (Å²) in [5, 5.41) is 14.4. The molecule has 0 radical (unpaired) electrons. The quantitative estimate of drug-likeness (QED) is 0.801. The van der Waals surface area contributed by atoms with Gasteiger partial charge in [-0.05, 0) is 24.3 Å². The Kier molecular flexibility index (Phi) is 2.94. The van der Waals surface area contributed by atoms with E-state index in [1.165, 1.54) is 6.20 Å². The largest absolute Gasteiger partial charge is 0.497 e. The second kappa shape index (κ2) is 4.66. The number of carbonyl (C=O) groups is 1. The zero-order valence-corrected chi connectivity index (χ0v) is 12.0. The van der Waals surface area contributed by atoms with E-state index < -0.39 is 5.97 Å². The molecule has 0 amide bonds. The summed E-state index contributed by atoms with van der Waals surface area (Å²) in [7, 11) is 5.26. The molecule has 6 heteroatoms. The number of carboxylic acid groups (broad SMARTS) is 1. The molecule has 0 aliphatic rings. The molecule has 0 spiro atoms. The Bertz CT molecular complexity index is 845. The second-order valence-corrected chi connectivity index (χ2v) is 4.85. The molecule has 0 bridgehead atoms. The van der Waals surface area contributed by atoms with Crippen LogP contribution in [0.4, 0.5) is 0 Å². The van der Waals surface area contributed by atoms with E-state index in [0.717, 1.165) is 22.3 Å². The van der Waals surface area contributed by atoms with Crippen LogP contribution in [0.15, 0.2) is 30.5 Å². The lowest BCUT2D eigenvalue weighted by Gasteiger charge is -2.06. The van der Waals surface area contributed by atoms with E-state index in [0.29, 0.717) is 5.69 Å². The van der Waals surface area contributed by atoms with E-state index in [4.69, 9.17) is 4.74 Å². The van der Waals surface area contributed by atoms with Crippen molar-refractivity contribution in [1.82, 2.24) is 14.3 Å². The van der Waals surface area contributed by atoms with E-state index >= 15 is 0 Å². The highest BCUT2D eigenvalue weighted by atomic mass is 16.5. The highest BCUT2D eigenvalue weighted by Crippen LogP contribution is 2.31. The Morgan fingerprint density at radius 1 is 1.29 bits per heavy atom. The van der Waals surface area contributed by atoms with Crippen LogP contribution >= 0.6 is 0 Å². The zero-order valence-electron chi connectivity index (χ0n) is 12.0. The predicted molar refractivity (Wildman–Crippen MR) is 78.6 cm³/mol. The van der Waals surface area contributed by atoms with Gasteiger partial charge in [-0.3, -0.25) is 4.68 Å². The fourth-order valence-electron chi connectivity index (χ4n) is 2.58. The molecule has 0 saturated carbocycles. The maximum atomic E-state index is 11.4. The minimum Gasteiger partial charge on any atom is -0.497 e. The van der Waals surface area contributed by atoms with E-state index in [1.807, 2.05) is 35.9 Å². The summed E-state index contributed by atoms with van der Waals surface area (Å²) in [6.07, 6.45) is 1.37. The van der Waals surface area contributed by atoms with Crippen LogP contribution in [0.25, 0.3) is 22.3 Å². The molecule has 3 rings (SSSR count). The van der Waals surface area contributed by atoms with Gasteiger partial charge in [0.25, 0.3) is 0 Å². The number of nitrogens with zero attached hydrogens (tertiary/aromatic N) is 3. The topological polar surface area (TPSA) is 69.3 Å². The molecule has 0 fully saturated rings. The summed E-state index contributed by atoms with van der Waals surface area (Å²) in [6, 6.07) is 7.71. The number of hydrogen-bond donors (Lipinski definition) is 1. The lowest BCUT2D eigenvalue weighted by atomic mass is 10.2. The SMILES string of the molecule is COc1ccc2c(c1)cc(-c1c(C(=O)O)cnn1C)n2C. The van der Waals surface area contributed by atoms with Crippen LogP contribution in [0.1, 0.15) is 10.4 Å². The third-order valence-electron chi connectivity index (χ3n) is 3.66. The number of benzene rings is 1. The monoisotopic (exact) mass is 285 g/mol. The molecule has 108 valence electrons. The van der Waals surface area contributed by atoms with Crippen molar-refractivity contribution in [1.29, 1.82) is 0 Å². The summed E-state index contributed by atoms with van der Waals surface area (Å²) >= 11 is 0. The number of methoxy groups -OCH3 is 1. The van der Waals surface area contributed by atoms with Gasteiger partial charge in [-0.2, -0.15) is 5.10 Å². The van der Waals surface area contributed by atoms with Crippen molar-refractivity contribution in [2.24, 2.45) is 14.1 Å². The van der Waals surface area contributed by atoms with Crippen molar-refractivity contribution in [2.45, 2.75) is 0 Å². The van der Waals surface area contributed by atoms with Gasteiger partial charge in [-0.25, -0.2) is 4.79 Å². The van der Waals surface area contributed by atoms with Crippen molar-refractivity contribution in [2.75, 3.05) is 7.11 Å². The van der Waals surface area contributed by atoms with Crippen molar-refractivity contribution >= 4 is 16.9 Å². The first kappa shape index (κ1) is 13.2. The summed E-state index contributed by atoms with van der Waals surface area (Å²) in [4.78, 5) is 11.4. The minimum atomic E-state index is -0.985. The number of carboxylic acids is 1. The molecule has 0 aliphatic heterocycles. The van der Waals surface area contributed by atoms with Gasteiger partial charge in [-0.15, -0.1) is 0 Å². The number of fused-ring (bicyclic) bond motifs is 1. The van der Waals surface area contributed by atoms with Crippen LogP contribution in [-0.2, 0) is 14.1 Å². The second-order valence-electron chi connectivity index (χ2n) is 4.85. The Balaban J connectivity index is 2.28. The van der Waals surface area contributed by atoms with Crippen LogP contribution in [0.3, 0.4) is 0 Å². The van der Waals surface area contributed by atoms with E-state index in [9.17, 15) is 9.90 Å². The number of ether oxygens (including phenoxy) is 1. The van der Waals surface area contributed by atoms with Crippen molar-refractivity contribution in [3.63, 3.8) is 0 Å². The molecule has 1 aromatic carbocycles. The number of rotatable bonds is 3. The number of aryl methyl sites for hydroxylation is 2. The van der Waals surface area contributed by atoms with E-state index in [2.05, 4.69) is 5.10 Å². The Labute approximate surface area is 121 Å². The normalized spacial score (nSPS) is 11.0. The molecule has 2 aromatic heterocycles. The highest BCUT2D eigenvalue weighted by Gasteiger charge is 2.20. The maximum Gasteiger partial charge on any atom is 0.339 e. The van der Waals surface area contributed by atoms with Crippen LogP contribution in [0.2, 0.25) is 0 Å². The van der Waals surface area contributed by atoms with Crippen LogP contribution < -0.4 is 4.74 Å². The Hall–Kier alpha value is -2.76. The molecule has 0 unspecified atom stereocenters. The number of aromatic carboxylic acids is 1. The van der Waals surface area contributed by atoms with Crippen LogP contribution in [0, 0.1) is 0 Å². The van der Waals surface area contributed by atoms with Gasteiger partial charge in [-0.1, -0.05) is 0 Å². The molecule has 2 heterocycles. The Morgan fingerprint density at radius 3 is 2.71 bits per heavy atom. The molecular formula is C15H15N3O3.